The van der Waals surface area contributed by atoms with Crippen LogP contribution in [-0.2, 0) is 0 Å². The van der Waals surface area contributed by atoms with Crippen LogP contribution < -0.4 is 4.90 Å². The molecule has 1 unspecified atom stereocenters. The van der Waals surface area contributed by atoms with Crippen molar-refractivity contribution in [2.24, 2.45) is 0 Å². The topological polar surface area (TPSA) is 82.7 Å². The molecular formula is C13H20N4O3. The Labute approximate surface area is 118 Å². The Kier molecular flexibility index (Phi) is 4.20. The maximum absolute atomic E-state index is 10.6. The molecule has 0 bridgehead atoms. The van der Waals surface area contributed by atoms with Gasteiger partial charge in [0.1, 0.15) is 0 Å². The van der Waals surface area contributed by atoms with Crippen molar-refractivity contribution < 1.29 is 10.0 Å². The van der Waals surface area contributed by atoms with E-state index >= 15 is 0 Å². The molecule has 1 fully saturated rings. The maximum atomic E-state index is 10.6. The van der Waals surface area contributed by atoms with Crippen molar-refractivity contribution in [2.75, 3.05) is 38.6 Å². The van der Waals surface area contributed by atoms with Crippen molar-refractivity contribution in [1.29, 1.82) is 0 Å². The van der Waals surface area contributed by atoms with Gasteiger partial charge in [0.05, 0.1) is 11.3 Å². The summed E-state index contributed by atoms with van der Waals surface area (Å²) in [5.74, 6) is -0.158. The Balaban J connectivity index is 2.10. The number of nitro groups is 1. The largest absolute Gasteiger partial charge is 0.387 e. The van der Waals surface area contributed by atoms with Gasteiger partial charge < -0.3 is 25.0 Å². The van der Waals surface area contributed by atoms with Crippen LogP contribution in [0.2, 0.25) is 0 Å². The van der Waals surface area contributed by atoms with Gasteiger partial charge in [0.15, 0.2) is 6.20 Å². The molecule has 0 saturated carbocycles. The molecule has 20 heavy (non-hydrogen) atoms. The number of aromatic nitrogens is 1. The van der Waals surface area contributed by atoms with Crippen molar-refractivity contribution in [3.05, 3.63) is 28.4 Å². The summed E-state index contributed by atoms with van der Waals surface area (Å²) in [6.45, 7) is 1.95. The van der Waals surface area contributed by atoms with Crippen LogP contribution in [0.25, 0.3) is 0 Å². The molecule has 0 amide bonds. The number of hydrogen-bond acceptors (Lipinski definition) is 6. The van der Waals surface area contributed by atoms with E-state index < -0.39 is 10.5 Å². The molecule has 7 heteroatoms. The van der Waals surface area contributed by atoms with E-state index in [0.717, 1.165) is 25.1 Å². The van der Waals surface area contributed by atoms with Gasteiger partial charge in [0, 0.05) is 25.7 Å². The third-order valence-corrected chi connectivity index (χ3v) is 3.45. The zero-order valence-corrected chi connectivity index (χ0v) is 11.8. The molecule has 1 saturated heterocycles. The van der Waals surface area contributed by atoms with Crippen molar-refractivity contribution >= 4 is 11.5 Å². The Morgan fingerprint density at radius 1 is 1.55 bits per heavy atom. The molecule has 1 N–H and O–H groups in total. The second-order valence-electron chi connectivity index (χ2n) is 5.62. The molecule has 7 nitrogen and oxygen atoms in total. The summed E-state index contributed by atoms with van der Waals surface area (Å²) >= 11 is 0. The number of β-amino-alcohol motifs (C(OH)–C–C–N with tert-alkyl or cyclic N) is 1. The van der Waals surface area contributed by atoms with E-state index in [0.29, 0.717) is 13.1 Å². The van der Waals surface area contributed by atoms with Gasteiger partial charge in [-0.15, -0.1) is 0 Å². The fourth-order valence-electron chi connectivity index (χ4n) is 2.72. The Morgan fingerprint density at radius 2 is 2.30 bits per heavy atom. The Morgan fingerprint density at radius 3 is 2.85 bits per heavy atom. The maximum Gasteiger partial charge on any atom is 0.363 e. The normalized spacial score (nSPS) is 23.1. The molecule has 0 aromatic carbocycles. The molecule has 0 aliphatic carbocycles. The van der Waals surface area contributed by atoms with Crippen LogP contribution in [0.5, 0.6) is 0 Å². The van der Waals surface area contributed by atoms with Crippen molar-refractivity contribution in [3.63, 3.8) is 0 Å². The first-order chi connectivity index (χ1) is 9.39. The van der Waals surface area contributed by atoms with Crippen LogP contribution in [0.3, 0.4) is 0 Å². The molecule has 2 rings (SSSR count). The standard InChI is InChI=1S/C13H20N4O3/c1-15(2)9-13(18)6-3-7-16(10-13)11-4-5-12(14-8-11)17(19)20/h4-5,8,18H,3,6-7,9-10H2,1-2H3. The van der Waals surface area contributed by atoms with Crippen LogP contribution in [0.15, 0.2) is 18.3 Å². The molecule has 110 valence electrons. The molecule has 0 spiro atoms. The van der Waals surface area contributed by atoms with Crippen molar-refractivity contribution in [2.45, 2.75) is 18.4 Å². The van der Waals surface area contributed by atoms with E-state index in [9.17, 15) is 15.2 Å². The van der Waals surface area contributed by atoms with E-state index in [2.05, 4.69) is 4.98 Å². The second-order valence-corrected chi connectivity index (χ2v) is 5.62. The quantitative estimate of drug-likeness (QED) is 0.651. The molecular weight excluding hydrogens is 260 g/mol. The fourth-order valence-corrected chi connectivity index (χ4v) is 2.72. The highest BCUT2D eigenvalue weighted by atomic mass is 16.6. The summed E-state index contributed by atoms with van der Waals surface area (Å²) in [5, 5.41) is 21.2. The van der Waals surface area contributed by atoms with Gasteiger partial charge in [0.25, 0.3) is 0 Å². The van der Waals surface area contributed by atoms with Crippen molar-refractivity contribution in [3.8, 4) is 0 Å². The number of rotatable bonds is 4. The Bertz CT molecular complexity index is 477. The summed E-state index contributed by atoms with van der Waals surface area (Å²) in [7, 11) is 3.87. The molecule has 2 heterocycles. The van der Waals surface area contributed by atoms with Crippen LogP contribution >= 0.6 is 0 Å². The van der Waals surface area contributed by atoms with E-state index in [1.807, 2.05) is 23.9 Å². The molecule has 1 aliphatic heterocycles. The minimum atomic E-state index is -0.747. The van der Waals surface area contributed by atoms with E-state index in [-0.39, 0.29) is 5.82 Å². The van der Waals surface area contributed by atoms with Gasteiger partial charge in [-0.2, -0.15) is 0 Å². The average molecular weight is 280 g/mol. The average Bonchev–Trinajstić information content (AvgIpc) is 2.37. The van der Waals surface area contributed by atoms with Gasteiger partial charge in [-0.3, -0.25) is 0 Å². The summed E-state index contributed by atoms with van der Waals surface area (Å²) in [6, 6.07) is 3.08. The SMILES string of the molecule is CN(C)CC1(O)CCCN(c2ccc([N+](=O)[O-])nc2)C1. The molecule has 1 aromatic rings. The first-order valence-corrected chi connectivity index (χ1v) is 6.62. The number of hydrogen-bond donors (Lipinski definition) is 1. The van der Waals surface area contributed by atoms with E-state index in [1.54, 1.807) is 6.07 Å². The highest BCUT2D eigenvalue weighted by molar-refractivity contribution is 5.47. The van der Waals surface area contributed by atoms with Gasteiger partial charge in [-0.25, -0.2) is 0 Å². The zero-order valence-electron chi connectivity index (χ0n) is 11.8. The predicted molar refractivity (Wildman–Crippen MR) is 75.8 cm³/mol. The molecule has 1 aromatic heterocycles. The van der Waals surface area contributed by atoms with Gasteiger partial charge in [-0.05, 0) is 42.9 Å². The Hall–Kier alpha value is -1.73. The molecule has 0 radical (unpaired) electrons. The molecule has 1 atom stereocenters. The minimum Gasteiger partial charge on any atom is -0.387 e. The third-order valence-electron chi connectivity index (χ3n) is 3.45. The number of likely N-dealkylation sites (N-methyl/N-ethyl adjacent to an activating group) is 1. The zero-order chi connectivity index (χ0) is 14.8. The summed E-state index contributed by atoms with van der Waals surface area (Å²) < 4.78 is 0. The summed E-state index contributed by atoms with van der Waals surface area (Å²) in [5.41, 5.74) is 0.0660. The fraction of sp³-hybridized carbons (Fsp3) is 0.615. The lowest BCUT2D eigenvalue weighted by atomic mass is 9.92. The first-order valence-electron chi connectivity index (χ1n) is 6.62. The summed E-state index contributed by atoms with van der Waals surface area (Å²) in [4.78, 5) is 17.9. The lowest BCUT2D eigenvalue weighted by Crippen LogP contribution is -2.53. The number of pyridine rings is 1. The predicted octanol–water partition coefficient (Wildman–Crippen LogP) is 0.883. The highest BCUT2D eigenvalue weighted by Crippen LogP contribution is 2.26. The summed E-state index contributed by atoms with van der Waals surface area (Å²) in [6.07, 6.45) is 3.16. The second kappa shape index (κ2) is 5.72. The van der Waals surface area contributed by atoms with Crippen LogP contribution in [-0.4, -0.2) is 59.2 Å². The minimum absolute atomic E-state index is 0.158. The van der Waals surface area contributed by atoms with Crippen LogP contribution in [0, 0.1) is 10.1 Å². The van der Waals surface area contributed by atoms with Crippen LogP contribution in [0.4, 0.5) is 11.5 Å². The monoisotopic (exact) mass is 280 g/mol. The van der Waals surface area contributed by atoms with Gasteiger partial charge >= 0.3 is 5.82 Å². The first kappa shape index (κ1) is 14.7. The smallest absolute Gasteiger partial charge is 0.363 e. The number of nitrogens with zero attached hydrogens (tertiary/aromatic N) is 4. The van der Waals surface area contributed by atoms with E-state index in [4.69, 9.17) is 0 Å². The third kappa shape index (κ3) is 3.43. The lowest BCUT2D eigenvalue weighted by molar-refractivity contribution is -0.389. The van der Waals surface area contributed by atoms with Crippen LogP contribution in [0.1, 0.15) is 12.8 Å². The van der Waals surface area contributed by atoms with E-state index in [1.165, 1.54) is 12.3 Å². The highest BCUT2D eigenvalue weighted by Gasteiger charge is 2.34. The molecule has 1 aliphatic rings. The van der Waals surface area contributed by atoms with Gasteiger partial charge in [-0.1, -0.05) is 0 Å². The van der Waals surface area contributed by atoms with Crippen molar-refractivity contribution in [1.82, 2.24) is 9.88 Å². The van der Waals surface area contributed by atoms with Gasteiger partial charge in [0.2, 0.25) is 0 Å². The lowest BCUT2D eigenvalue weighted by Gasteiger charge is -2.41. The number of anilines is 1. The number of aliphatic hydroxyl groups is 1. The number of piperidine rings is 1.